The summed E-state index contributed by atoms with van der Waals surface area (Å²) < 4.78 is 10.9. The predicted octanol–water partition coefficient (Wildman–Crippen LogP) is 2.73. The molecule has 0 spiro atoms. The fraction of sp³-hybridized carbons (Fsp3) is 0.176. The first kappa shape index (κ1) is 14.4. The first-order chi connectivity index (χ1) is 11.6. The fourth-order valence-corrected chi connectivity index (χ4v) is 3.01. The normalized spacial score (nSPS) is 11.3. The summed E-state index contributed by atoms with van der Waals surface area (Å²) in [5.74, 6) is 2.17. The van der Waals surface area contributed by atoms with Crippen LogP contribution in [0.4, 0.5) is 0 Å². The fourth-order valence-electron chi connectivity index (χ4n) is 3.01. The third-order valence-corrected chi connectivity index (χ3v) is 4.15. The molecular formula is C17H16N4O3. The number of ether oxygens (including phenoxy) is 2. The van der Waals surface area contributed by atoms with Gasteiger partial charge in [-0.15, -0.1) is 0 Å². The van der Waals surface area contributed by atoms with Crippen molar-refractivity contribution < 1.29 is 9.47 Å². The number of methoxy groups -OCH3 is 2. The molecule has 0 fully saturated rings. The first-order valence-corrected chi connectivity index (χ1v) is 7.44. The zero-order chi connectivity index (χ0) is 16.8. The Morgan fingerprint density at radius 3 is 2.42 bits per heavy atom. The monoisotopic (exact) mass is 324 g/mol. The van der Waals surface area contributed by atoms with E-state index in [1.54, 1.807) is 14.2 Å². The second-order valence-corrected chi connectivity index (χ2v) is 5.55. The van der Waals surface area contributed by atoms with Gasteiger partial charge in [0.1, 0.15) is 17.3 Å². The lowest BCUT2D eigenvalue weighted by Gasteiger charge is -2.12. The van der Waals surface area contributed by atoms with Gasteiger partial charge in [-0.1, -0.05) is 0 Å². The maximum Gasteiger partial charge on any atom is 0.323 e. The van der Waals surface area contributed by atoms with Gasteiger partial charge in [0.15, 0.2) is 0 Å². The molecule has 4 aromatic rings. The lowest BCUT2D eigenvalue weighted by Crippen LogP contribution is -1.99. The van der Waals surface area contributed by atoms with E-state index in [0.29, 0.717) is 11.6 Å². The van der Waals surface area contributed by atoms with Crippen molar-refractivity contribution in [3.63, 3.8) is 0 Å². The zero-order valence-electron chi connectivity index (χ0n) is 13.5. The molecule has 0 aliphatic rings. The molecule has 4 rings (SSSR count). The van der Waals surface area contributed by atoms with Gasteiger partial charge in [-0.2, -0.15) is 0 Å². The molecule has 0 saturated carbocycles. The molecular weight excluding hydrogens is 308 g/mol. The Labute approximate surface area is 136 Å². The maximum atomic E-state index is 11.4. The number of rotatable bonds is 3. The van der Waals surface area contributed by atoms with Crippen LogP contribution in [0.3, 0.4) is 0 Å². The van der Waals surface area contributed by atoms with Gasteiger partial charge >= 0.3 is 5.69 Å². The van der Waals surface area contributed by atoms with Crippen LogP contribution in [0.2, 0.25) is 0 Å². The largest absolute Gasteiger partial charge is 0.496 e. The van der Waals surface area contributed by atoms with E-state index in [-0.39, 0.29) is 5.69 Å². The predicted molar refractivity (Wildman–Crippen MR) is 91.8 cm³/mol. The van der Waals surface area contributed by atoms with Crippen LogP contribution in [0.5, 0.6) is 11.5 Å². The summed E-state index contributed by atoms with van der Waals surface area (Å²) in [7, 11) is 3.26. The third kappa shape index (κ3) is 2.05. The zero-order valence-corrected chi connectivity index (χ0v) is 13.5. The van der Waals surface area contributed by atoms with Crippen molar-refractivity contribution in [1.82, 2.24) is 19.9 Å². The number of fused-ring (bicyclic) bond motifs is 2. The summed E-state index contributed by atoms with van der Waals surface area (Å²) in [6.07, 6.45) is 0. The highest BCUT2D eigenvalue weighted by atomic mass is 16.5. The van der Waals surface area contributed by atoms with Crippen molar-refractivity contribution in [2.45, 2.75) is 6.92 Å². The number of aromatic nitrogens is 4. The molecule has 7 heteroatoms. The Morgan fingerprint density at radius 1 is 0.958 bits per heavy atom. The van der Waals surface area contributed by atoms with E-state index in [2.05, 4.69) is 19.9 Å². The highest BCUT2D eigenvalue weighted by Gasteiger charge is 2.16. The lowest BCUT2D eigenvalue weighted by molar-refractivity contribution is 0.389. The van der Waals surface area contributed by atoms with E-state index in [1.807, 2.05) is 31.2 Å². The van der Waals surface area contributed by atoms with Gasteiger partial charge in [-0.25, -0.2) is 9.78 Å². The molecule has 0 radical (unpaired) electrons. The van der Waals surface area contributed by atoms with Crippen LogP contribution in [0.1, 0.15) is 5.56 Å². The van der Waals surface area contributed by atoms with Gasteiger partial charge in [0, 0.05) is 5.56 Å². The summed E-state index contributed by atoms with van der Waals surface area (Å²) in [6.45, 7) is 1.94. The molecule has 0 bridgehead atoms. The minimum absolute atomic E-state index is 0.231. The van der Waals surface area contributed by atoms with Gasteiger partial charge in [0.25, 0.3) is 0 Å². The second-order valence-electron chi connectivity index (χ2n) is 5.55. The molecule has 0 aliphatic heterocycles. The van der Waals surface area contributed by atoms with Crippen LogP contribution >= 0.6 is 0 Å². The average molecular weight is 324 g/mol. The highest BCUT2D eigenvalue weighted by Crippen LogP contribution is 2.37. The molecule has 0 atom stereocenters. The minimum Gasteiger partial charge on any atom is -0.496 e. The van der Waals surface area contributed by atoms with Gasteiger partial charge in [-0.05, 0) is 31.2 Å². The van der Waals surface area contributed by atoms with E-state index in [4.69, 9.17) is 9.47 Å². The summed E-state index contributed by atoms with van der Waals surface area (Å²) >= 11 is 0. The minimum atomic E-state index is -0.231. The molecule has 0 unspecified atom stereocenters. The molecule has 122 valence electrons. The van der Waals surface area contributed by atoms with E-state index in [0.717, 1.165) is 38.9 Å². The Morgan fingerprint density at radius 2 is 1.71 bits per heavy atom. The van der Waals surface area contributed by atoms with Crippen LogP contribution in [0.25, 0.3) is 33.5 Å². The molecule has 2 heterocycles. The topological polar surface area (TPSA) is 95.8 Å². The summed E-state index contributed by atoms with van der Waals surface area (Å²) in [5, 5.41) is 0. The number of nitrogens with zero attached hydrogens (tertiary/aromatic N) is 1. The third-order valence-electron chi connectivity index (χ3n) is 4.15. The first-order valence-electron chi connectivity index (χ1n) is 7.44. The maximum absolute atomic E-state index is 11.4. The summed E-state index contributed by atoms with van der Waals surface area (Å²) in [6, 6.07) is 7.51. The van der Waals surface area contributed by atoms with Crippen molar-refractivity contribution in [2.75, 3.05) is 14.2 Å². The van der Waals surface area contributed by atoms with Crippen molar-refractivity contribution in [1.29, 1.82) is 0 Å². The standard InChI is InChI=1S/C17H16N4O3/c1-8-14(23-2)5-4-9(15(8)24-3)16-18-10-6-12-13(7-11(10)19-16)21-17(22)20-12/h4-7H,1-3H3,(H,18,19)(H2,20,21,22). The lowest BCUT2D eigenvalue weighted by atomic mass is 10.1. The Bertz CT molecular complexity index is 1070. The number of imidazole rings is 2. The van der Waals surface area contributed by atoms with Crippen LogP contribution in [0.15, 0.2) is 29.1 Å². The molecule has 7 nitrogen and oxygen atoms in total. The van der Waals surface area contributed by atoms with Gasteiger partial charge in [0.2, 0.25) is 0 Å². The van der Waals surface area contributed by atoms with Gasteiger partial charge in [0.05, 0.1) is 41.8 Å². The molecule has 0 saturated heterocycles. The van der Waals surface area contributed by atoms with E-state index >= 15 is 0 Å². The summed E-state index contributed by atoms with van der Waals surface area (Å²) in [5.41, 5.74) is 4.60. The van der Waals surface area contributed by atoms with Crippen LogP contribution in [-0.2, 0) is 0 Å². The number of aromatic amines is 3. The molecule has 2 aromatic carbocycles. The number of nitrogens with one attached hydrogen (secondary N) is 3. The SMILES string of the molecule is COc1ccc(-c2nc3cc4[nH]c(=O)[nH]c4cc3[nH]2)c(OC)c1C. The Balaban J connectivity index is 1.93. The van der Waals surface area contributed by atoms with E-state index in [1.165, 1.54) is 0 Å². The van der Waals surface area contributed by atoms with Crippen LogP contribution in [-0.4, -0.2) is 34.2 Å². The van der Waals surface area contributed by atoms with E-state index in [9.17, 15) is 4.79 Å². The molecule has 3 N–H and O–H groups in total. The Kier molecular flexibility index (Phi) is 3.09. The Hall–Kier alpha value is -3.22. The number of H-pyrrole nitrogens is 3. The summed E-state index contributed by atoms with van der Waals surface area (Å²) in [4.78, 5) is 24.8. The van der Waals surface area contributed by atoms with Crippen LogP contribution < -0.4 is 15.2 Å². The number of hydrogen-bond donors (Lipinski definition) is 3. The number of hydrogen-bond acceptors (Lipinski definition) is 4. The van der Waals surface area contributed by atoms with Crippen molar-refractivity contribution in [3.05, 3.63) is 40.3 Å². The van der Waals surface area contributed by atoms with Crippen molar-refractivity contribution in [3.8, 4) is 22.9 Å². The van der Waals surface area contributed by atoms with Crippen molar-refractivity contribution >= 4 is 22.1 Å². The molecule has 0 amide bonds. The highest BCUT2D eigenvalue weighted by molar-refractivity contribution is 5.92. The quantitative estimate of drug-likeness (QED) is 0.540. The van der Waals surface area contributed by atoms with Crippen LogP contribution in [0, 0.1) is 6.92 Å². The van der Waals surface area contributed by atoms with Gasteiger partial charge in [-0.3, -0.25) is 0 Å². The van der Waals surface area contributed by atoms with Gasteiger partial charge < -0.3 is 24.4 Å². The molecule has 0 aliphatic carbocycles. The van der Waals surface area contributed by atoms with E-state index < -0.39 is 0 Å². The second kappa shape index (κ2) is 5.16. The molecule has 24 heavy (non-hydrogen) atoms. The number of benzene rings is 2. The average Bonchev–Trinajstić information content (AvgIpc) is 3.13. The van der Waals surface area contributed by atoms with Crippen molar-refractivity contribution in [2.24, 2.45) is 0 Å². The smallest absolute Gasteiger partial charge is 0.323 e. The molecule has 2 aromatic heterocycles.